The molecule has 2 rings (SSSR count). The lowest BCUT2D eigenvalue weighted by Crippen LogP contribution is -2.39. The van der Waals surface area contributed by atoms with Gasteiger partial charge in [-0.3, -0.25) is 4.79 Å². The molecule has 110 valence electrons. The number of hydrogen-bond acceptors (Lipinski definition) is 2. The summed E-state index contributed by atoms with van der Waals surface area (Å²) >= 11 is 0. The summed E-state index contributed by atoms with van der Waals surface area (Å²) in [6.07, 6.45) is 3.26. The molecule has 1 aliphatic rings. The Morgan fingerprint density at radius 2 is 1.95 bits per heavy atom. The van der Waals surface area contributed by atoms with Crippen molar-refractivity contribution in [3.8, 4) is 0 Å². The Bertz CT molecular complexity index is 471. The maximum Gasteiger partial charge on any atom is 0.224 e. The van der Waals surface area contributed by atoms with Gasteiger partial charge in [0, 0.05) is 18.2 Å². The van der Waals surface area contributed by atoms with Crippen LogP contribution in [0, 0.1) is 17.6 Å². The minimum atomic E-state index is -0.952. The smallest absolute Gasteiger partial charge is 0.224 e. The number of benzene rings is 1. The van der Waals surface area contributed by atoms with Crippen LogP contribution >= 0.6 is 0 Å². The predicted molar refractivity (Wildman–Crippen MR) is 71.0 cm³/mol. The monoisotopic (exact) mass is 283 g/mol. The third-order valence-electron chi connectivity index (χ3n) is 3.85. The van der Waals surface area contributed by atoms with Crippen LogP contribution in [0.1, 0.15) is 31.2 Å². The number of aliphatic hydroxyl groups is 1. The molecule has 0 unspecified atom stereocenters. The van der Waals surface area contributed by atoms with Gasteiger partial charge >= 0.3 is 0 Å². The van der Waals surface area contributed by atoms with Gasteiger partial charge in [-0.1, -0.05) is 12.1 Å². The first-order valence-corrected chi connectivity index (χ1v) is 6.93. The molecule has 0 bridgehead atoms. The summed E-state index contributed by atoms with van der Waals surface area (Å²) in [6, 6.07) is 3.92. The maximum atomic E-state index is 13.5. The Kier molecular flexibility index (Phi) is 5.06. The molecule has 0 spiro atoms. The zero-order valence-corrected chi connectivity index (χ0v) is 11.2. The summed E-state index contributed by atoms with van der Waals surface area (Å²) in [6.45, 7) is 0.190. The molecule has 0 atom stereocenters. The third-order valence-corrected chi connectivity index (χ3v) is 3.85. The summed E-state index contributed by atoms with van der Waals surface area (Å²) in [4.78, 5) is 11.8. The highest BCUT2D eigenvalue weighted by Gasteiger charge is 2.22. The van der Waals surface area contributed by atoms with Gasteiger partial charge in [0.05, 0.1) is 6.42 Å². The van der Waals surface area contributed by atoms with Crippen molar-refractivity contribution in [1.29, 1.82) is 0 Å². The molecular weight excluding hydrogens is 264 g/mol. The molecule has 0 radical (unpaired) electrons. The SMILES string of the molecule is O=C(Cc1cccc(F)c1F)NC1CCC(CO)CC1. The van der Waals surface area contributed by atoms with Crippen molar-refractivity contribution in [2.45, 2.75) is 38.1 Å². The van der Waals surface area contributed by atoms with Crippen LogP contribution in [0.15, 0.2) is 18.2 Å². The van der Waals surface area contributed by atoms with Gasteiger partial charge in [-0.25, -0.2) is 8.78 Å². The van der Waals surface area contributed by atoms with E-state index in [0.29, 0.717) is 5.92 Å². The van der Waals surface area contributed by atoms with E-state index in [1.165, 1.54) is 12.1 Å². The second-order valence-electron chi connectivity index (χ2n) is 5.36. The molecule has 1 amide bonds. The highest BCUT2D eigenvalue weighted by Crippen LogP contribution is 2.23. The van der Waals surface area contributed by atoms with Gasteiger partial charge in [0.15, 0.2) is 11.6 Å². The zero-order valence-electron chi connectivity index (χ0n) is 11.2. The van der Waals surface area contributed by atoms with E-state index in [1.807, 2.05) is 0 Å². The fourth-order valence-electron chi connectivity index (χ4n) is 2.63. The lowest BCUT2D eigenvalue weighted by molar-refractivity contribution is -0.121. The molecule has 1 aromatic rings. The van der Waals surface area contributed by atoms with Crippen LogP contribution in [0.5, 0.6) is 0 Å². The first kappa shape index (κ1) is 14.9. The zero-order chi connectivity index (χ0) is 14.5. The molecule has 0 aliphatic heterocycles. The number of carbonyl (C=O) groups is 1. The molecule has 0 saturated heterocycles. The van der Waals surface area contributed by atoms with E-state index in [2.05, 4.69) is 5.32 Å². The minimum absolute atomic E-state index is 0.0712. The molecule has 1 fully saturated rings. The second-order valence-corrected chi connectivity index (χ2v) is 5.36. The number of amides is 1. The van der Waals surface area contributed by atoms with Gasteiger partial charge in [0.1, 0.15) is 0 Å². The fraction of sp³-hybridized carbons (Fsp3) is 0.533. The first-order valence-electron chi connectivity index (χ1n) is 6.93. The van der Waals surface area contributed by atoms with Crippen molar-refractivity contribution in [3.63, 3.8) is 0 Å². The first-order chi connectivity index (χ1) is 9.60. The quantitative estimate of drug-likeness (QED) is 0.889. The number of carbonyl (C=O) groups excluding carboxylic acids is 1. The van der Waals surface area contributed by atoms with Crippen molar-refractivity contribution in [3.05, 3.63) is 35.4 Å². The Morgan fingerprint density at radius 1 is 1.25 bits per heavy atom. The number of aliphatic hydroxyl groups excluding tert-OH is 1. The average molecular weight is 283 g/mol. The van der Waals surface area contributed by atoms with Crippen molar-refractivity contribution < 1.29 is 18.7 Å². The van der Waals surface area contributed by atoms with Gasteiger partial charge in [-0.15, -0.1) is 0 Å². The van der Waals surface area contributed by atoms with Crippen molar-refractivity contribution in [1.82, 2.24) is 5.32 Å². The Balaban J connectivity index is 1.85. The van der Waals surface area contributed by atoms with Crippen LogP contribution in [0.25, 0.3) is 0 Å². The second kappa shape index (κ2) is 6.79. The van der Waals surface area contributed by atoms with E-state index < -0.39 is 11.6 Å². The lowest BCUT2D eigenvalue weighted by atomic mass is 9.86. The molecule has 1 aromatic carbocycles. The molecule has 2 N–H and O–H groups in total. The summed E-state index contributed by atoms with van der Waals surface area (Å²) in [5.74, 6) is -1.85. The van der Waals surface area contributed by atoms with Gasteiger partial charge in [-0.2, -0.15) is 0 Å². The van der Waals surface area contributed by atoms with Gasteiger partial charge in [-0.05, 0) is 37.7 Å². The van der Waals surface area contributed by atoms with Crippen molar-refractivity contribution in [2.75, 3.05) is 6.61 Å². The highest BCUT2D eigenvalue weighted by molar-refractivity contribution is 5.78. The van der Waals surface area contributed by atoms with Gasteiger partial charge in [0.2, 0.25) is 5.91 Å². The Labute approximate surface area is 117 Å². The summed E-state index contributed by atoms with van der Waals surface area (Å²) in [5.41, 5.74) is 0.0755. The number of halogens is 2. The van der Waals surface area contributed by atoms with Crippen LogP contribution in [0.4, 0.5) is 8.78 Å². The molecule has 5 heteroatoms. The van der Waals surface area contributed by atoms with Crippen molar-refractivity contribution in [2.24, 2.45) is 5.92 Å². The molecule has 1 aliphatic carbocycles. The van der Waals surface area contributed by atoms with Crippen LogP contribution in [-0.4, -0.2) is 23.7 Å². The molecule has 3 nitrogen and oxygen atoms in total. The summed E-state index contributed by atoms with van der Waals surface area (Å²) in [5, 5.41) is 11.9. The summed E-state index contributed by atoms with van der Waals surface area (Å²) < 4.78 is 26.5. The number of hydrogen-bond donors (Lipinski definition) is 2. The molecule has 20 heavy (non-hydrogen) atoms. The van der Waals surface area contributed by atoms with Crippen LogP contribution < -0.4 is 5.32 Å². The maximum absolute atomic E-state index is 13.5. The van der Waals surface area contributed by atoms with Crippen LogP contribution in [0.2, 0.25) is 0 Å². The number of rotatable bonds is 4. The van der Waals surface area contributed by atoms with E-state index >= 15 is 0 Å². The largest absolute Gasteiger partial charge is 0.396 e. The molecule has 0 heterocycles. The van der Waals surface area contributed by atoms with Crippen LogP contribution in [0.3, 0.4) is 0 Å². The van der Waals surface area contributed by atoms with E-state index in [-0.39, 0.29) is 30.5 Å². The fourth-order valence-corrected chi connectivity index (χ4v) is 2.63. The Morgan fingerprint density at radius 3 is 2.60 bits per heavy atom. The van der Waals surface area contributed by atoms with E-state index in [1.54, 1.807) is 0 Å². The minimum Gasteiger partial charge on any atom is -0.396 e. The lowest BCUT2D eigenvalue weighted by Gasteiger charge is -2.28. The van der Waals surface area contributed by atoms with Crippen molar-refractivity contribution >= 4 is 5.91 Å². The topological polar surface area (TPSA) is 49.3 Å². The third kappa shape index (κ3) is 3.76. The van der Waals surface area contributed by atoms with E-state index in [4.69, 9.17) is 5.11 Å². The van der Waals surface area contributed by atoms with E-state index in [0.717, 1.165) is 31.7 Å². The highest BCUT2D eigenvalue weighted by atomic mass is 19.2. The normalized spacial score (nSPS) is 22.6. The van der Waals surface area contributed by atoms with Gasteiger partial charge in [0.25, 0.3) is 0 Å². The molecule has 0 aromatic heterocycles. The van der Waals surface area contributed by atoms with Gasteiger partial charge < -0.3 is 10.4 Å². The average Bonchev–Trinajstić information content (AvgIpc) is 2.45. The molecular formula is C15H19F2NO2. The molecule has 1 saturated carbocycles. The summed E-state index contributed by atoms with van der Waals surface area (Å²) in [7, 11) is 0. The van der Waals surface area contributed by atoms with Crippen LogP contribution in [-0.2, 0) is 11.2 Å². The number of nitrogens with one attached hydrogen (secondary N) is 1. The van der Waals surface area contributed by atoms with E-state index in [9.17, 15) is 13.6 Å². The predicted octanol–water partition coefficient (Wildman–Crippen LogP) is 2.17. The Hall–Kier alpha value is -1.49. The standard InChI is InChI=1S/C15H19F2NO2/c16-13-3-1-2-11(15(13)17)8-14(20)18-12-6-4-10(9-19)5-7-12/h1-3,10,12,19H,4-9H2,(H,18,20).